The molecule has 2 aliphatic heterocycles. The van der Waals surface area contributed by atoms with Gasteiger partial charge in [0.25, 0.3) is 17.7 Å². The van der Waals surface area contributed by atoms with Gasteiger partial charge >= 0.3 is 0 Å². The number of hydrogen-bond acceptors (Lipinski definition) is 3. The first-order valence-electron chi connectivity index (χ1n) is 9.23. The molecule has 0 atom stereocenters. The van der Waals surface area contributed by atoms with Gasteiger partial charge in [0.05, 0.1) is 21.8 Å². The molecule has 0 N–H and O–H groups in total. The summed E-state index contributed by atoms with van der Waals surface area (Å²) in [5, 5.41) is 0.312. The summed E-state index contributed by atoms with van der Waals surface area (Å²) >= 11 is 6.19. The topological polar surface area (TPSA) is 57.7 Å². The molecule has 6 heteroatoms. The van der Waals surface area contributed by atoms with E-state index in [1.807, 2.05) is 24.3 Å². The van der Waals surface area contributed by atoms with Crippen LogP contribution in [0, 0.1) is 0 Å². The van der Waals surface area contributed by atoms with E-state index in [1.54, 1.807) is 41.3 Å². The lowest BCUT2D eigenvalue weighted by atomic mass is 10.0. The molecule has 0 unspecified atom stereocenters. The second kappa shape index (κ2) is 6.57. The lowest BCUT2D eigenvalue weighted by Gasteiger charge is -2.17. The van der Waals surface area contributed by atoms with Crippen molar-refractivity contribution in [3.8, 4) is 0 Å². The molecule has 2 heterocycles. The standard InChI is InChI=1S/C23H15ClN2O3/c24-18-6-2-4-8-20(18)26-22(28)16-10-9-15(13-17(16)23(26)29)21(27)25-12-11-14-5-1-3-7-19(14)25/h1-10,13H,11-12H2. The van der Waals surface area contributed by atoms with Gasteiger partial charge in [0.2, 0.25) is 0 Å². The van der Waals surface area contributed by atoms with Crippen LogP contribution in [-0.4, -0.2) is 24.3 Å². The van der Waals surface area contributed by atoms with Crippen molar-refractivity contribution in [2.75, 3.05) is 16.3 Å². The average molecular weight is 403 g/mol. The first-order valence-corrected chi connectivity index (χ1v) is 9.61. The van der Waals surface area contributed by atoms with Crippen molar-refractivity contribution in [1.29, 1.82) is 0 Å². The summed E-state index contributed by atoms with van der Waals surface area (Å²) in [5.41, 5.74) is 3.21. The molecule has 0 radical (unpaired) electrons. The van der Waals surface area contributed by atoms with E-state index in [0.29, 0.717) is 22.8 Å². The Labute approximate surface area is 172 Å². The maximum Gasteiger partial charge on any atom is 0.266 e. The molecule has 0 aromatic heterocycles. The normalized spacial score (nSPS) is 14.9. The van der Waals surface area contributed by atoms with Crippen LogP contribution >= 0.6 is 11.6 Å². The number of amides is 3. The predicted octanol–water partition coefficient (Wildman–Crippen LogP) is 4.34. The molecular weight excluding hydrogens is 388 g/mol. The fourth-order valence-corrected chi connectivity index (χ4v) is 4.15. The van der Waals surface area contributed by atoms with Crippen molar-refractivity contribution in [3.05, 3.63) is 94.0 Å². The van der Waals surface area contributed by atoms with Gasteiger partial charge in [-0.25, -0.2) is 4.90 Å². The van der Waals surface area contributed by atoms with E-state index in [9.17, 15) is 14.4 Å². The highest BCUT2D eigenvalue weighted by Crippen LogP contribution is 2.34. The number of halogens is 1. The third-order valence-electron chi connectivity index (χ3n) is 5.36. The van der Waals surface area contributed by atoms with Crippen LogP contribution in [0.25, 0.3) is 0 Å². The Bertz CT molecular complexity index is 1200. The van der Waals surface area contributed by atoms with Gasteiger partial charge in [-0.2, -0.15) is 0 Å². The van der Waals surface area contributed by atoms with E-state index in [4.69, 9.17) is 11.6 Å². The van der Waals surface area contributed by atoms with E-state index in [-0.39, 0.29) is 17.0 Å². The molecule has 3 amide bonds. The van der Waals surface area contributed by atoms with Crippen molar-refractivity contribution in [3.63, 3.8) is 0 Å². The molecule has 5 nitrogen and oxygen atoms in total. The summed E-state index contributed by atoms with van der Waals surface area (Å²) in [6, 6.07) is 19.1. The first kappa shape index (κ1) is 17.6. The molecule has 3 aromatic carbocycles. The zero-order chi connectivity index (χ0) is 20.1. The van der Waals surface area contributed by atoms with Gasteiger partial charge in [-0.3, -0.25) is 14.4 Å². The maximum absolute atomic E-state index is 13.1. The van der Waals surface area contributed by atoms with E-state index in [2.05, 4.69) is 0 Å². The number of hydrogen-bond donors (Lipinski definition) is 0. The van der Waals surface area contributed by atoms with Gasteiger partial charge in [-0.1, -0.05) is 41.9 Å². The average Bonchev–Trinajstić information content (AvgIpc) is 3.27. The Kier molecular flexibility index (Phi) is 4.00. The minimum absolute atomic E-state index is 0.186. The monoisotopic (exact) mass is 402 g/mol. The molecule has 0 spiro atoms. The summed E-state index contributed by atoms with van der Waals surface area (Å²) in [4.78, 5) is 41.7. The van der Waals surface area contributed by atoms with E-state index >= 15 is 0 Å². The minimum atomic E-state index is -0.477. The number of rotatable bonds is 2. The Morgan fingerprint density at radius 3 is 2.31 bits per heavy atom. The highest BCUT2D eigenvalue weighted by atomic mass is 35.5. The molecular formula is C23H15ClN2O3. The third kappa shape index (κ3) is 2.66. The molecule has 0 aliphatic carbocycles. The highest BCUT2D eigenvalue weighted by Gasteiger charge is 2.38. The molecule has 0 bridgehead atoms. The molecule has 29 heavy (non-hydrogen) atoms. The Morgan fingerprint density at radius 1 is 0.828 bits per heavy atom. The maximum atomic E-state index is 13.1. The summed E-state index contributed by atoms with van der Waals surface area (Å²) in [6.07, 6.45) is 0.796. The number of fused-ring (bicyclic) bond motifs is 2. The molecule has 0 saturated heterocycles. The van der Waals surface area contributed by atoms with Crippen LogP contribution in [0.15, 0.2) is 66.7 Å². The third-order valence-corrected chi connectivity index (χ3v) is 5.68. The van der Waals surface area contributed by atoms with Crippen LogP contribution in [0.3, 0.4) is 0 Å². The molecule has 0 fully saturated rings. The number of carbonyl (C=O) groups is 3. The number of anilines is 2. The van der Waals surface area contributed by atoms with Crippen molar-refractivity contribution in [2.24, 2.45) is 0 Å². The predicted molar refractivity (Wildman–Crippen MR) is 111 cm³/mol. The Balaban J connectivity index is 1.51. The number of para-hydroxylation sites is 2. The summed E-state index contributed by atoms with van der Waals surface area (Å²) in [5.74, 6) is -1.10. The van der Waals surface area contributed by atoms with E-state index in [1.165, 1.54) is 6.07 Å². The second-order valence-corrected chi connectivity index (χ2v) is 7.40. The van der Waals surface area contributed by atoms with Crippen molar-refractivity contribution < 1.29 is 14.4 Å². The molecule has 3 aromatic rings. The van der Waals surface area contributed by atoms with Gasteiger partial charge in [0, 0.05) is 17.8 Å². The summed E-state index contributed by atoms with van der Waals surface area (Å²) in [6.45, 7) is 0.591. The SMILES string of the molecule is O=C(c1ccc2c(c1)C(=O)N(c1ccccc1Cl)C2=O)N1CCc2ccccc21. The lowest BCUT2D eigenvalue weighted by molar-refractivity contribution is 0.0925. The smallest absolute Gasteiger partial charge is 0.266 e. The zero-order valence-corrected chi connectivity index (χ0v) is 16.0. The lowest BCUT2D eigenvalue weighted by Crippen LogP contribution is -2.30. The van der Waals surface area contributed by atoms with Gasteiger partial charge in [0.1, 0.15) is 0 Å². The zero-order valence-electron chi connectivity index (χ0n) is 15.3. The van der Waals surface area contributed by atoms with Crippen molar-refractivity contribution in [1.82, 2.24) is 0 Å². The minimum Gasteiger partial charge on any atom is -0.308 e. The van der Waals surface area contributed by atoms with Gasteiger partial charge in [-0.15, -0.1) is 0 Å². The van der Waals surface area contributed by atoms with Crippen LogP contribution in [0.4, 0.5) is 11.4 Å². The Morgan fingerprint density at radius 2 is 1.52 bits per heavy atom. The van der Waals surface area contributed by atoms with Crippen molar-refractivity contribution >= 4 is 40.7 Å². The largest absolute Gasteiger partial charge is 0.308 e. The van der Waals surface area contributed by atoms with Crippen LogP contribution < -0.4 is 9.80 Å². The molecule has 2 aliphatic rings. The fraction of sp³-hybridized carbons (Fsp3) is 0.0870. The number of imide groups is 1. The molecule has 5 rings (SSSR count). The van der Waals surface area contributed by atoms with Gasteiger partial charge < -0.3 is 4.90 Å². The fourth-order valence-electron chi connectivity index (χ4n) is 3.93. The van der Waals surface area contributed by atoms with Crippen LogP contribution in [0.5, 0.6) is 0 Å². The quantitative estimate of drug-likeness (QED) is 0.599. The van der Waals surface area contributed by atoms with Gasteiger partial charge in [-0.05, 0) is 48.4 Å². The van der Waals surface area contributed by atoms with E-state index < -0.39 is 11.8 Å². The van der Waals surface area contributed by atoms with Crippen LogP contribution in [-0.2, 0) is 6.42 Å². The summed E-state index contributed by atoms with van der Waals surface area (Å²) < 4.78 is 0. The highest BCUT2D eigenvalue weighted by molar-refractivity contribution is 6.40. The van der Waals surface area contributed by atoms with Crippen LogP contribution in [0.2, 0.25) is 5.02 Å². The van der Waals surface area contributed by atoms with E-state index in [0.717, 1.165) is 22.6 Å². The first-order chi connectivity index (χ1) is 14.1. The number of carbonyl (C=O) groups excluding carboxylic acids is 3. The number of nitrogens with zero attached hydrogens (tertiary/aromatic N) is 2. The summed E-state index contributed by atoms with van der Waals surface area (Å²) in [7, 11) is 0. The number of benzene rings is 3. The molecule has 0 saturated carbocycles. The van der Waals surface area contributed by atoms with Gasteiger partial charge in [0.15, 0.2) is 0 Å². The van der Waals surface area contributed by atoms with Crippen molar-refractivity contribution in [2.45, 2.75) is 6.42 Å². The second-order valence-electron chi connectivity index (χ2n) is 6.99. The Hall–Kier alpha value is -3.44. The molecule has 142 valence electrons. The van der Waals surface area contributed by atoms with Crippen LogP contribution in [0.1, 0.15) is 36.6 Å².